The van der Waals surface area contributed by atoms with Crippen LogP contribution >= 0.6 is 12.2 Å². The van der Waals surface area contributed by atoms with E-state index in [0.29, 0.717) is 12.1 Å². The van der Waals surface area contributed by atoms with Crippen molar-refractivity contribution >= 4 is 17.3 Å². The zero-order chi connectivity index (χ0) is 12.3. The van der Waals surface area contributed by atoms with Gasteiger partial charge in [0.05, 0.1) is 0 Å². The first kappa shape index (κ1) is 13.1. The fourth-order valence-corrected chi connectivity index (χ4v) is 2.93. The van der Waals surface area contributed by atoms with E-state index in [4.69, 9.17) is 12.2 Å². The van der Waals surface area contributed by atoms with Gasteiger partial charge in [0.25, 0.3) is 0 Å². The maximum absolute atomic E-state index is 5.30. The Balaban J connectivity index is 1.64. The molecule has 0 bridgehead atoms. The summed E-state index contributed by atoms with van der Waals surface area (Å²) >= 11 is 5.30. The van der Waals surface area contributed by atoms with E-state index < -0.39 is 0 Å². The van der Waals surface area contributed by atoms with Crippen molar-refractivity contribution in [1.29, 1.82) is 0 Å². The van der Waals surface area contributed by atoms with Crippen molar-refractivity contribution < 1.29 is 0 Å². The lowest BCUT2D eigenvalue weighted by Gasteiger charge is -2.33. The SMILES string of the molecule is C[C@H]1CCCN(C[C@H](C)NC(=S)NC2CC2)C1. The molecule has 2 aliphatic rings. The van der Waals surface area contributed by atoms with Crippen LogP contribution in [0.2, 0.25) is 0 Å². The van der Waals surface area contributed by atoms with Gasteiger partial charge in [-0.25, -0.2) is 0 Å². The molecule has 17 heavy (non-hydrogen) atoms. The van der Waals surface area contributed by atoms with Crippen molar-refractivity contribution in [3.05, 3.63) is 0 Å². The van der Waals surface area contributed by atoms with Crippen LogP contribution in [0.3, 0.4) is 0 Å². The molecule has 1 saturated carbocycles. The van der Waals surface area contributed by atoms with Gasteiger partial charge < -0.3 is 15.5 Å². The van der Waals surface area contributed by atoms with E-state index in [-0.39, 0.29) is 0 Å². The summed E-state index contributed by atoms with van der Waals surface area (Å²) in [5.41, 5.74) is 0. The Labute approximate surface area is 110 Å². The van der Waals surface area contributed by atoms with E-state index in [1.807, 2.05) is 0 Å². The summed E-state index contributed by atoms with van der Waals surface area (Å²) < 4.78 is 0. The molecule has 0 amide bonds. The highest BCUT2D eigenvalue weighted by Gasteiger charge is 2.23. The lowest BCUT2D eigenvalue weighted by molar-refractivity contribution is 0.174. The highest BCUT2D eigenvalue weighted by atomic mass is 32.1. The van der Waals surface area contributed by atoms with E-state index >= 15 is 0 Å². The molecule has 4 heteroatoms. The second-order valence-corrected chi connectivity index (χ2v) is 6.21. The molecule has 0 aromatic heterocycles. The van der Waals surface area contributed by atoms with Gasteiger partial charge in [-0.2, -0.15) is 0 Å². The van der Waals surface area contributed by atoms with Crippen LogP contribution in [0.5, 0.6) is 0 Å². The van der Waals surface area contributed by atoms with Crippen molar-refractivity contribution in [2.24, 2.45) is 5.92 Å². The summed E-state index contributed by atoms with van der Waals surface area (Å²) in [5, 5.41) is 7.56. The van der Waals surface area contributed by atoms with Gasteiger partial charge in [0, 0.05) is 25.2 Å². The second-order valence-electron chi connectivity index (χ2n) is 5.80. The van der Waals surface area contributed by atoms with Crippen LogP contribution in [0.25, 0.3) is 0 Å². The van der Waals surface area contributed by atoms with E-state index in [2.05, 4.69) is 29.4 Å². The van der Waals surface area contributed by atoms with Crippen molar-refractivity contribution in [3.63, 3.8) is 0 Å². The lowest BCUT2D eigenvalue weighted by atomic mass is 10.00. The molecule has 2 fully saturated rings. The van der Waals surface area contributed by atoms with Crippen LogP contribution in [0.15, 0.2) is 0 Å². The summed E-state index contributed by atoms with van der Waals surface area (Å²) in [6.07, 6.45) is 5.29. The Morgan fingerprint density at radius 2 is 2.18 bits per heavy atom. The van der Waals surface area contributed by atoms with Gasteiger partial charge in [0.1, 0.15) is 0 Å². The van der Waals surface area contributed by atoms with Crippen LogP contribution in [0.4, 0.5) is 0 Å². The first-order chi connectivity index (χ1) is 8.13. The van der Waals surface area contributed by atoms with Gasteiger partial charge >= 0.3 is 0 Å². The van der Waals surface area contributed by atoms with E-state index in [1.165, 1.54) is 38.8 Å². The molecule has 0 spiro atoms. The van der Waals surface area contributed by atoms with Gasteiger partial charge in [0.15, 0.2) is 5.11 Å². The summed E-state index contributed by atoms with van der Waals surface area (Å²) in [6.45, 7) is 8.18. The molecule has 2 rings (SSSR count). The molecular formula is C13H25N3S. The molecule has 0 unspecified atom stereocenters. The Bertz CT molecular complexity index is 265. The fraction of sp³-hybridized carbons (Fsp3) is 0.923. The molecule has 2 atom stereocenters. The third kappa shape index (κ3) is 4.80. The van der Waals surface area contributed by atoms with Crippen molar-refractivity contribution in [1.82, 2.24) is 15.5 Å². The molecule has 0 radical (unpaired) electrons. The Hall–Kier alpha value is -0.350. The van der Waals surface area contributed by atoms with Gasteiger partial charge in [-0.3, -0.25) is 0 Å². The highest BCUT2D eigenvalue weighted by molar-refractivity contribution is 7.80. The number of hydrogen-bond donors (Lipinski definition) is 2. The number of hydrogen-bond acceptors (Lipinski definition) is 2. The van der Waals surface area contributed by atoms with Gasteiger partial charge in [-0.05, 0) is 57.3 Å². The minimum atomic E-state index is 0.444. The predicted molar refractivity (Wildman–Crippen MR) is 76.2 cm³/mol. The van der Waals surface area contributed by atoms with Crippen LogP contribution in [0.1, 0.15) is 39.5 Å². The minimum absolute atomic E-state index is 0.444. The van der Waals surface area contributed by atoms with Crippen LogP contribution in [-0.2, 0) is 0 Å². The number of thiocarbonyl (C=S) groups is 1. The summed E-state index contributed by atoms with van der Waals surface area (Å²) in [7, 11) is 0. The lowest BCUT2D eigenvalue weighted by Crippen LogP contribution is -2.48. The molecule has 1 heterocycles. The number of rotatable bonds is 4. The maximum Gasteiger partial charge on any atom is 0.166 e. The number of likely N-dealkylation sites (tertiary alicyclic amines) is 1. The highest BCUT2D eigenvalue weighted by Crippen LogP contribution is 2.18. The quantitative estimate of drug-likeness (QED) is 0.748. The predicted octanol–water partition coefficient (Wildman–Crippen LogP) is 1.73. The molecule has 3 nitrogen and oxygen atoms in total. The van der Waals surface area contributed by atoms with Crippen molar-refractivity contribution in [2.45, 2.75) is 51.6 Å². The van der Waals surface area contributed by atoms with Gasteiger partial charge in [0.2, 0.25) is 0 Å². The normalized spacial score (nSPS) is 27.5. The molecule has 98 valence electrons. The van der Waals surface area contributed by atoms with Gasteiger partial charge in [-0.1, -0.05) is 6.92 Å². The third-order valence-corrected chi connectivity index (χ3v) is 3.80. The van der Waals surface area contributed by atoms with Crippen LogP contribution in [-0.4, -0.2) is 41.7 Å². The first-order valence-corrected chi connectivity index (χ1v) is 7.33. The Morgan fingerprint density at radius 1 is 1.41 bits per heavy atom. The van der Waals surface area contributed by atoms with E-state index in [0.717, 1.165) is 17.6 Å². The average molecular weight is 255 g/mol. The number of nitrogens with zero attached hydrogens (tertiary/aromatic N) is 1. The summed E-state index contributed by atoms with van der Waals surface area (Å²) in [5.74, 6) is 0.854. The maximum atomic E-state index is 5.30. The summed E-state index contributed by atoms with van der Waals surface area (Å²) in [6, 6.07) is 1.09. The number of nitrogens with one attached hydrogen (secondary N) is 2. The largest absolute Gasteiger partial charge is 0.360 e. The smallest absolute Gasteiger partial charge is 0.166 e. The van der Waals surface area contributed by atoms with Crippen molar-refractivity contribution in [3.8, 4) is 0 Å². The zero-order valence-electron chi connectivity index (χ0n) is 11.0. The van der Waals surface area contributed by atoms with Crippen LogP contribution < -0.4 is 10.6 Å². The van der Waals surface area contributed by atoms with E-state index in [9.17, 15) is 0 Å². The number of piperidine rings is 1. The molecule has 1 saturated heterocycles. The molecule has 1 aliphatic carbocycles. The summed E-state index contributed by atoms with van der Waals surface area (Å²) in [4.78, 5) is 2.56. The van der Waals surface area contributed by atoms with Crippen molar-refractivity contribution in [2.75, 3.05) is 19.6 Å². The van der Waals surface area contributed by atoms with Gasteiger partial charge in [-0.15, -0.1) is 0 Å². The molecule has 0 aromatic carbocycles. The molecular weight excluding hydrogens is 230 g/mol. The molecule has 2 N–H and O–H groups in total. The van der Waals surface area contributed by atoms with E-state index in [1.54, 1.807) is 0 Å². The first-order valence-electron chi connectivity index (χ1n) is 6.93. The fourth-order valence-electron chi connectivity index (χ4n) is 2.56. The molecule has 0 aromatic rings. The Morgan fingerprint density at radius 3 is 2.82 bits per heavy atom. The molecule has 1 aliphatic heterocycles. The zero-order valence-corrected chi connectivity index (χ0v) is 11.9. The minimum Gasteiger partial charge on any atom is -0.360 e. The Kier molecular flexibility index (Phi) is 4.62. The third-order valence-electron chi connectivity index (χ3n) is 3.56. The average Bonchev–Trinajstić information content (AvgIpc) is 3.00. The van der Waals surface area contributed by atoms with Crippen LogP contribution in [0, 0.1) is 5.92 Å². The second kappa shape index (κ2) is 6.01. The topological polar surface area (TPSA) is 27.3 Å². The monoisotopic (exact) mass is 255 g/mol. The standard InChI is InChI=1S/C13H25N3S/c1-10-4-3-7-16(8-10)9-11(2)14-13(17)15-12-5-6-12/h10-12H,3-9H2,1-2H3,(H2,14,15,17)/t10-,11-/m0/s1.